The molecule has 0 radical (unpaired) electrons. The fraction of sp³-hybridized carbons (Fsp3) is 0.316. The van der Waals surface area contributed by atoms with Crippen molar-refractivity contribution >= 4 is 16.8 Å². The van der Waals surface area contributed by atoms with Gasteiger partial charge in [0.1, 0.15) is 18.1 Å². The molecule has 2 aromatic heterocycles. The SMILES string of the molecule is COc1ccc2c(ccn2CC(=O)N[C@H](C)CCc2ccco2)c1. The number of furan rings is 1. The van der Waals surface area contributed by atoms with Gasteiger partial charge < -0.3 is 19.0 Å². The minimum absolute atomic E-state index is 0.00950. The van der Waals surface area contributed by atoms with E-state index in [0.29, 0.717) is 6.54 Å². The summed E-state index contributed by atoms with van der Waals surface area (Å²) < 4.78 is 12.5. The third-order valence-corrected chi connectivity index (χ3v) is 4.10. The largest absolute Gasteiger partial charge is 0.497 e. The summed E-state index contributed by atoms with van der Waals surface area (Å²) in [5, 5.41) is 4.10. The van der Waals surface area contributed by atoms with Crippen molar-refractivity contribution in [3.8, 4) is 5.75 Å². The maximum absolute atomic E-state index is 12.3. The van der Waals surface area contributed by atoms with Gasteiger partial charge in [-0.3, -0.25) is 4.79 Å². The maximum Gasteiger partial charge on any atom is 0.240 e. The molecule has 0 unspecified atom stereocenters. The van der Waals surface area contributed by atoms with Crippen molar-refractivity contribution in [2.75, 3.05) is 7.11 Å². The summed E-state index contributed by atoms with van der Waals surface area (Å²) in [7, 11) is 1.65. The van der Waals surface area contributed by atoms with E-state index in [1.807, 2.05) is 54.1 Å². The molecule has 0 bridgehead atoms. The molecule has 1 aromatic carbocycles. The van der Waals surface area contributed by atoms with E-state index in [9.17, 15) is 4.79 Å². The topological polar surface area (TPSA) is 56.4 Å². The van der Waals surface area contributed by atoms with Crippen molar-refractivity contribution in [3.63, 3.8) is 0 Å². The Labute approximate surface area is 141 Å². The van der Waals surface area contributed by atoms with Crippen LogP contribution < -0.4 is 10.1 Å². The van der Waals surface area contributed by atoms with Crippen LogP contribution in [-0.4, -0.2) is 23.6 Å². The minimum atomic E-state index is 0.00950. The summed E-state index contributed by atoms with van der Waals surface area (Å²) in [6.45, 7) is 2.32. The number of ether oxygens (including phenoxy) is 1. The van der Waals surface area contributed by atoms with Gasteiger partial charge in [0, 0.05) is 29.6 Å². The Kier molecular flexibility index (Phi) is 4.89. The second-order valence-corrected chi connectivity index (χ2v) is 5.95. The predicted octanol–water partition coefficient (Wildman–Crippen LogP) is 3.38. The lowest BCUT2D eigenvalue weighted by atomic mass is 10.1. The van der Waals surface area contributed by atoms with Crippen molar-refractivity contribution in [1.29, 1.82) is 0 Å². The van der Waals surface area contributed by atoms with Gasteiger partial charge in [-0.1, -0.05) is 0 Å². The molecule has 0 aliphatic heterocycles. The lowest BCUT2D eigenvalue weighted by Crippen LogP contribution is -2.35. The maximum atomic E-state index is 12.3. The van der Waals surface area contributed by atoms with Gasteiger partial charge in [-0.15, -0.1) is 0 Å². The molecule has 1 atom stereocenters. The number of benzene rings is 1. The summed E-state index contributed by atoms with van der Waals surface area (Å²) >= 11 is 0. The standard InChI is InChI=1S/C19H22N2O3/c1-14(5-6-16-4-3-11-24-16)20-19(22)13-21-10-9-15-12-17(23-2)7-8-18(15)21/h3-4,7-12,14H,5-6,13H2,1-2H3,(H,20,22)/t14-/m1/s1. The second kappa shape index (κ2) is 7.25. The van der Waals surface area contributed by atoms with Gasteiger partial charge in [0.25, 0.3) is 0 Å². The van der Waals surface area contributed by atoms with Crippen LogP contribution in [0.3, 0.4) is 0 Å². The zero-order valence-electron chi connectivity index (χ0n) is 14.0. The highest BCUT2D eigenvalue weighted by atomic mass is 16.5. The molecule has 1 N–H and O–H groups in total. The number of aryl methyl sites for hydroxylation is 1. The van der Waals surface area contributed by atoms with Crippen molar-refractivity contribution in [3.05, 3.63) is 54.6 Å². The Balaban J connectivity index is 1.56. The fourth-order valence-electron chi connectivity index (χ4n) is 2.80. The molecule has 2 heterocycles. The summed E-state index contributed by atoms with van der Waals surface area (Å²) in [5.74, 6) is 1.77. The molecule has 5 nitrogen and oxygen atoms in total. The average Bonchev–Trinajstić information content (AvgIpc) is 3.22. The van der Waals surface area contributed by atoms with Gasteiger partial charge in [0.05, 0.1) is 13.4 Å². The highest BCUT2D eigenvalue weighted by Gasteiger charge is 2.11. The van der Waals surface area contributed by atoms with Gasteiger partial charge in [-0.2, -0.15) is 0 Å². The van der Waals surface area contributed by atoms with Crippen molar-refractivity contribution in [2.24, 2.45) is 0 Å². The van der Waals surface area contributed by atoms with Crippen LogP contribution in [0.15, 0.2) is 53.3 Å². The van der Waals surface area contributed by atoms with E-state index >= 15 is 0 Å². The first-order valence-corrected chi connectivity index (χ1v) is 8.10. The summed E-state index contributed by atoms with van der Waals surface area (Å²) in [6.07, 6.45) is 5.27. The molecule has 0 aliphatic rings. The third kappa shape index (κ3) is 3.79. The van der Waals surface area contributed by atoms with E-state index in [-0.39, 0.29) is 11.9 Å². The van der Waals surface area contributed by atoms with E-state index in [1.54, 1.807) is 13.4 Å². The Bertz CT molecular complexity index is 805. The van der Waals surface area contributed by atoms with Crippen molar-refractivity contribution < 1.29 is 13.9 Å². The zero-order valence-corrected chi connectivity index (χ0v) is 14.0. The van der Waals surface area contributed by atoms with Crippen LogP contribution in [0.1, 0.15) is 19.1 Å². The lowest BCUT2D eigenvalue weighted by molar-refractivity contribution is -0.122. The Morgan fingerprint density at radius 3 is 2.96 bits per heavy atom. The summed E-state index contributed by atoms with van der Waals surface area (Å²) in [4.78, 5) is 12.3. The monoisotopic (exact) mass is 326 g/mol. The molecule has 0 saturated carbocycles. The van der Waals surface area contributed by atoms with Crippen LogP contribution in [0, 0.1) is 0 Å². The molecule has 0 spiro atoms. The molecular formula is C19H22N2O3. The van der Waals surface area contributed by atoms with Crippen LogP contribution in [-0.2, 0) is 17.8 Å². The Hall–Kier alpha value is -2.69. The fourth-order valence-corrected chi connectivity index (χ4v) is 2.80. The third-order valence-electron chi connectivity index (χ3n) is 4.10. The number of nitrogens with zero attached hydrogens (tertiary/aromatic N) is 1. The number of hydrogen-bond donors (Lipinski definition) is 1. The van der Waals surface area contributed by atoms with Crippen LogP contribution in [0.2, 0.25) is 0 Å². The number of rotatable bonds is 7. The molecule has 126 valence electrons. The number of amides is 1. The predicted molar refractivity (Wildman–Crippen MR) is 93.1 cm³/mol. The molecule has 0 saturated heterocycles. The molecule has 5 heteroatoms. The van der Waals surface area contributed by atoms with Crippen molar-refractivity contribution in [1.82, 2.24) is 9.88 Å². The smallest absolute Gasteiger partial charge is 0.240 e. The van der Waals surface area contributed by atoms with Gasteiger partial charge >= 0.3 is 0 Å². The molecule has 0 fully saturated rings. The van der Waals surface area contributed by atoms with E-state index in [1.165, 1.54) is 0 Å². The number of methoxy groups -OCH3 is 1. The quantitative estimate of drug-likeness (QED) is 0.724. The van der Waals surface area contributed by atoms with Crippen LogP contribution in [0.25, 0.3) is 10.9 Å². The first-order chi connectivity index (χ1) is 11.7. The van der Waals surface area contributed by atoms with Crippen LogP contribution in [0.4, 0.5) is 0 Å². The van der Waals surface area contributed by atoms with Gasteiger partial charge in [0.2, 0.25) is 5.91 Å². The van der Waals surface area contributed by atoms with Crippen LogP contribution >= 0.6 is 0 Å². The van der Waals surface area contributed by atoms with Crippen LogP contribution in [0.5, 0.6) is 5.75 Å². The summed E-state index contributed by atoms with van der Waals surface area (Å²) in [6, 6.07) is 11.8. The van der Waals surface area contributed by atoms with Gasteiger partial charge in [-0.05, 0) is 49.7 Å². The number of fused-ring (bicyclic) bond motifs is 1. The van der Waals surface area contributed by atoms with E-state index in [4.69, 9.17) is 9.15 Å². The van der Waals surface area contributed by atoms with E-state index < -0.39 is 0 Å². The number of nitrogens with one attached hydrogen (secondary N) is 1. The number of carbonyl (C=O) groups excluding carboxylic acids is 1. The van der Waals surface area contributed by atoms with Gasteiger partial charge in [0.15, 0.2) is 0 Å². The first-order valence-electron chi connectivity index (χ1n) is 8.10. The van der Waals surface area contributed by atoms with E-state index in [2.05, 4.69) is 5.32 Å². The highest BCUT2D eigenvalue weighted by Crippen LogP contribution is 2.21. The summed E-state index contributed by atoms with van der Waals surface area (Å²) in [5.41, 5.74) is 1.02. The molecule has 1 amide bonds. The van der Waals surface area contributed by atoms with Gasteiger partial charge in [-0.25, -0.2) is 0 Å². The number of carbonyl (C=O) groups is 1. The number of aromatic nitrogens is 1. The molecular weight excluding hydrogens is 304 g/mol. The second-order valence-electron chi connectivity index (χ2n) is 5.95. The zero-order chi connectivity index (χ0) is 16.9. The normalized spacial score (nSPS) is 12.2. The molecule has 0 aliphatic carbocycles. The molecule has 24 heavy (non-hydrogen) atoms. The Morgan fingerprint density at radius 1 is 1.33 bits per heavy atom. The highest BCUT2D eigenvalue weighted by molar-refractivity contribution is 5.84. The first kappa shape index (κ1) is 16.2. The Morgan fingerprint density at radius 2 is 2.21 bits per heavy atom. The minimum Gasteiger partial charge on any atom is -0.497 e. The molecule has 3 rings (SSSR count). The lowest BCUT2D eigenvalue weighted by Gasteiger charge is -2.14. The van der Waals surface area contributed by atoms with Crippen molar-refractivity contribution in [2.45, 2.75) is 32.4 Å². The van der Waals surface area contributed by atoms with E-state index in [0.717, 1.165) is 35.3 Å². The number of hydrogen-bond acceptors (Lipinski definition) is 3. The average molecular weight is 326 g/mol. The molecule has 3 aromatic rings.